The van der Waals surface area contributed by atoms with Gasteiger partial charge in [0, 0.05) is 49.2 Å². The van der Waals surface area contributed by atoms with Crippen LogP contribution in [0.3, 0.4) is 0 Å². The van der Waals surface area contributed by atoms with E-state index in [1.807, 2.05) is 13.0 Å². The second-order valence-electron chi connectivity index (χ2n) is 6.88. The highest BCUT2D eigenvalue weighted by Gasteiger charge is 2.30. The van der Waals surface area contributed by atoms with Gasteiger partial charge in [0.1, 0.15) is 0 Å². The first-order valence-electron chi connectivity index (χ1n) is 8.75. The zero-order valence-electron chi connectivity index (χ0n) is 14.8. The molecule has 0 spiro atoms. The minimum absolute atomic E-state index is 0.138. The van der Waals surface area contributed by atoms with E-state index in [1.54, 1.807) is 6.92 Å². The summed E-state index contributed by atoms with van der Waals surface area (Å²) in [5.41, 5.74) is 3.06. The van der Waals surface area contributed by atoms with Gasteiger partial charge in [0.2, 0.25) is 10.0 Å². The molecule has 1 aliphatic carbocycles. The smallest absolute Gasteiger partial charge is 0.213 e. The number of hydrogen-bond acceptors (Lipinski definition) is 4. The van der Waals surface area contributed by atoms with E-state index in [1.165, 1.54) is 17.1 Å². The quantitative estimate of drug-likeness (QED) is 0.729. The SMILES string of the molecule is CCS(=O)(=O)N1CCN(CC(=O)c2cc(C)n(C3CC3)c2C)CC1. The van der Waals surface area contributed by atoms with Gasteiger partial charge in [-0.3, -0.25) is 9.69 Å². The predicted molar refractivity (Wildman–Crippen MR) is 94.0 cm³/mol. The molecule has 134 valence electrons. The Morgan fingerprint density at radius 2 is 1.79 bits per heavy atom. The third-order valence-electron chi connectivity index (χ3n) is 5.15. The van der Waals surface area contributed by atoms with E-state index in [2.05, 4.69) is 16.4 Å². The molecule has 6 nitrogen and oxygen atoms in total. The Labute approximate surface area is 144 Å². The predicted octanol–water partition coefficient (Wildman–Crippen LogP) is 1.59. The third-order valence-corrected chi connectivity index (χ3v) is 7.03. The van der Waals surface area contributed by atoms with Gasteiger partial charge in [-0.2, -0.15) is 4.31 Å². The molecule has 0 bridgehead atoms. The van der Waals surface area contributed by atoms with Crippen molar-refractivity contribution in [3.8, 4) is 0 Å². The average molecular weight is 353 g/mol. The summed E-state index contributed by atoms with van der Waals surface area (Å²) in [7, 11) is -3.12. The van der Waals surface area contributed by atoms with Crippen molar-refractivity contribution in [1.82, 2.24) is 13.8 Å². The van der Waals surface area contributed by atoms with E-state index in [9.17, 15) is 13.2 Å². The maximum Gasteiger partial charge on any atom is 0.213 e. The normalized spacial score (nSPS) is 20.5. The zero-order valence-corrected chi connectivity index (χ0v) is 15.6. The van der Waals surface area contributed by atoms with Crippen LogP contribution in [0.2, 0.25) is 0 Å². The Bertz CT molecular complexity index is 727. The van der Waals surface area contributed by atoms with Crippen LogP contribution in [0.1, 0.15) is 47.6 Å². The van der Waals surface area contributed by atoms with Crippen molar-refractivity contribution in [3.05, 3.63) is 23.0 Å². The molecular formula is C17H27N3O3S. The molecule has 2 heterocycles. The van der Waals surface area contributed by atoms with Gasteiger partial charge in [-0.1, -0.05) is 0 Å². The fourth-order valence-electron chi connectivity index (χ4n) is 3.59. The molecule has 0 unspecified atom stereocenters. The maximum atomic E-state index is 12.7. The van der Waals surface area contributed by atoms with Crippen LogP contribution in [0.15, 0.2) is 6.07 Å². The van der Waals surface area contributed by atoms with Crippen molar-refractivity contribution < 1.29 is 13.2 Å². The summed E-state index contributed by atoms with van der Waals surface area (Å²) in [4.78, 5) is 14.8. The maximum absolute atomic E-state index is 12.7. The molecule has 0 N–H and O–H groups in total. The Morgan fingerprint density at radius 3 is 2.33 bits per heavy atom. The number of rotatable bonds is 6. The lowest BCUT2D eigenvalue weighted by Gasteiger charge is -2.33. The molecule has 0 aromatic carbocycles. The molecule has 7 heteroatoms. The molecule has 2 aliphatic rings. The van der Waals surface area contributed by atoms with Gasteiger partial charge in [-0.25, -0.2) is 8.42 Å². The highest BCUT2D eigenvalue weighted by molar-refractivity contribution is 7.89. The lowest BCUT2D eigenvalue weighted by atomic mass is 10.1. The summed E-state index contributed by atoms with van der Waals surface area (Å²) in [6.07, 6.45) is 2.41. The topological polar surface area (TPSA) is 62.6 Å². The molecule has 1 saturated heterocycles. The van der Waals surface area contributed by atoms with Crippen molar-refractivity contribution in [1.29, 1.82) is 0 Å². The zero-order chi connectivity index (χ0) is 17.5. The second kappa shape index (κ2) is 6.61. The molecule has 0 atom stereocenters. The van der Waals surface area contributed by atoms with Crippen molar-refractivity contribution >= 4 is 15.8 Å². The first kappa shape index (κ1) is 17.6. The lowest BCUT2D eigenvalue weighted by molar-refractivity contribution is 0.0901. The highest BCUT2D eigenvalue weighted by Crippen LogP contribution is 2.38. The fraction of sp³-hybridized carbons (Fsp3) is 0.706. The van der Waals surface area contributed by atoms with Crippen LogP contribution in [0.5, 0.6) is 0 Å². The number of Topliss-reactive ketones (excluding diaryl/α,β-unsaturated/α-hetero) is 1. The number of aryl methyl sites for hydroxylation is 1. The first-order valence-corrected chi connectivity index (χ1v) is 10.4. The van der Waals surface area contributed by atoms with Gasteiger partial charge in [0.05, 0.1) is 12.3 Å². The molecule has 0 amide bonds. The molecule has 24 heavy (non-hydrogen) atoms. The van der Waals surface area contributed by atoms with Crippen molar-refractivity contribution in [2.75, 3.05) is 38.5 Å². The van der Waals surface area contributed by atoms with Gasteiger partial charge in [-0.05, 0) is 39.7 Å². The summed E-state index contributed by atoms with van der Waals surface area (Å²) >= 11 is 0. The Hall–Kier alpha value is -1.18. The number of carbonyl (C=O) groups excluding carboxylic acids is 1. The number of sulfonamides is 1. The van der Waals surface area contributed by atoms with E-state index in [0.29, 0.717) is 38.8 Å². The minimum atomic E-state index is -3.12. The Balaban J connectivity index is 1.62. The minimum Gasteiger partial charge on any atom is -0.345 e. The van der Waals surface area contributed by atoms with E-state index in [0.717, 1.165) is 17.0 Å². The van der Waals surface area contributed by atoms with Crippen molar-refractivity contribution in [2.45, 2.75) is 39.7 Å². The van der Waals surface area contributed by atoms with Crippen LogP contribution in [-0.4, -0.2) is 66.4 Å². The number of aromatic nitrogens is 1. The van der Waals surface area contributed by atoms with Crippen LogP contribution in [0, 0.1) is 13.8 Å². The molecule has 1 saturated carbocycles. The van der Waals surface area contributed by atoms with E-state index in [-0.39, 0.29) is 11.5 Å². The molecule has 1 aromatic rings. The monoisotopic (exact) mass is 353 g/mol. The second-order valence-corrected chi connectivity index (χ2v) is 9.14. The van der Waals surface area contributed by atoms with E-state index >= 15 is 0 Å². The summed E-state index contributed by atoms with van der Waals surface area (Å²) in [6, 6.07) is 2.59. The van der Waals surface area contributed by atoms with Crippen LogP contribution < -0.4 is 0 Å². The highest BCUT2D eigenvalue weighted by atomic mass is 32.2. The molecular weight excluding hydrogens is 326 g/mol. The third kappa shape index (κ3) is 3.43. The summed E-state index contributed by atoms with van der Waals surface area (Å²) < 4.78 is 27.6. The van der Waals surface area contributed by atoms with E-state index in [4.69, 9.17) is 0 Å². The molecule has 2 fully saturated rings. The van der Waals surface area contributed by atoms with Gasteiger partial charge >= 0.3 is 0 Å². The first-order chi connectivity index (χ1) is 11.3. The molecule has 3 rings (SSSR count). The Morgan fingerprint density at radius 1 is 1.17 bits per heavy atom. The van der Waals surface area contributed by atoms with E-state index < -0.39 is 10.0 Å². The molecule has 0 radical (unpaired) electrons. The van der Waals surface area contributed by atoms with Crippen LogP contribution >= 0.6 is 0 Å². The van der Waals surface area contributed by atoms with Gasteiger partial charge in [0.15, 0.2) is 5.78 Å². The summed E-state index contributed by atoms with van der Waals surface area (Å²) in [6.45, 7) is 8.32. The number of hydrogen-bond donors (Lipinski definition) is 0. The summed E-state index contributed by atoms with van der Waals surface area (Å²) in [5, 5.41) is 0. The van der Waals surface area contributed by atoms with Crippen LogP contribution in [-0.2, 0) is 10.0 Å². The van der Waals surface area contributed by atoms with Crippen molar-refractivity contribution in [2.24, 2.45) is 0 Å². The van der Waals surface area contributed by atoms with Crippen LogP contribution in [0.4, 0.5) is 0 Å². The number of carbonyl (C=O) groups is 1. The van der Waals surface area contributed by atoms with Gasteiger partial charge in [-0.15, -0.1) is 0 Å². The largest absolute Gasteiger partial charge is 0.345 e. The standard InChI is InChI=1S/C17H27N3O3S/c1-4-24(22,23)19-9-7-18(8-10-19)12-17(21)16-11-13(2)20(14(16)3)15-5-6-15/h11,15H,4-10,12H2,1-3H3. The fourth-order valence-corrected chi connectivity index (χ4v) is 4.68. The number of nitrogens with zero attached hydrogens (tertiary/aromatic N) is 3. The number of piperazine rings is 1. The van der Waals surface area contributed by atoms with Gasteiger partial charge in [0.25, 0.3) is 0 Å². The molecule has 1 aliphatic heterocycles. The van der Waals surface area contributed by atoms with Gasteiger partial charge < -0.3 is 4.57 Å². The average Bonchev–Trinajstić information content (AvgIpc) is 3.33. The summed E-state index contributed by atoms with van der Waals surface area (Å²) in [5.74, 6) is 0.279. The molecule has 1 aromatic heterocycles. The van der Waals surface area contributed by atoms with Crippen LogP contribution in [0.25, 0.3) is 0 Å². The number of ketones is 1. The Kier molecular flexibility index (Phi) is 4.86. The lowest BCUT2D eigenvalue weighted by Crippen LogP contribution is -2.50. The van der Waals surface area contributed by atoms with Crippen molar-refractivity contribution in [3.63, 3.8) is 0 Å².